The number of hydroxylamine groups is 1. The summed E-state index contributed by atoms with van der Waals surface area (Å²) in [5.41, 5.74) is 8.89. The molecule has 4 aromatic rings. The number of carbonyl (C=O) groups is 2. The van der Waals surface area contributed by atoms with Gasteiger partial charge in [-0.15, -0.1) is 0 Å². The summed E-state index contributed by atoms with van der Waals surface area (Å²) in [6.45, 7) is 6.22. The van der Waals surface area contributed by atoms with Gasteiger partial charge in [0.1, 0.15) is 0 Å². The lowest BCUT2D eigenvalue weighted by Gasteiger charge is -2.41. The number of unbranched alkanes of at least 4 members (excludes halogenated alkanes) is 1. The molecule has 274 valence electrons. The first-order valence-electron chi connectivity index (χ1n) is 18.3. The van der Waals surface area contributed by atoms with Gasteiger partial charge in [0, 0.05) is 70.6 Å². The van der Waals surface area contributed by atoms with E-state index in [4.69, 9.17) is 14.7 Å². The lowest BCUT2D eigenvalue weighted by atomic mass is 9.98. The predicted octanol–water partition coefficient (Wildman–Crippen LogP) is 5.89. The van der Waals surface area contributed by atoms with Gasteiger partial charge in [-0.25, -0.2) is 5.48 Å². The fourth-order valence-electron chi connectivity index (χ4n) is 6.93. The highest BCUT2D eigenvalue weighted by Crippen LogP contribution is 2.39. The van der Waals surface area contributed by atoms with Crippen LogP contribution in [-0.4, -0.2) is 70.8 Å². The molecule has 2 amide bonds. The van der Waals surface area contributed by atoms with E-state index in [-0.39, 0.29) is 31.1 Å². The van der Waals surface area contributed by atoms with Crippen LogP contribution in [0.3, 0.4) is 0 Å². The molecule has 10 heteroatoms. The summed E-state index contributed by atoms with van der Waals surface area (Å²) in [7, 11) is 0. The van der Waals surface area contributed by atoms with Crippen molar-refractivity contribution in [1.29, 1.82) is 0 Å². The number of ether oxygens (including phenoxy) is 2. The Kier molecular flexibility index (Phi) is 13.6. The van der Waals surface area contributed by atoms with Crippen LogP contribution in [0.1, 0.15) is 72.3 Å². The molecule has 10 nitrogen and oxygen atoms in total. The topological polar surface area (TPSA) is 124 Å². The molecule has 2 saturated heterocycles. The zero-order chi connectivity index (χ0) is 36.1. The minimum absolute atomic E-state index is 0.00414. The number of aliphatic hydroxyl groups is 1. The van der Waals surface area contributed by atoms with Crippen molar-refractivity contribution < 1.29 is 29.4 Å². The van der Waals surface area contributed by atoms with Gasteiger partial charge in [0.2, 0.25) is 11.8 Å². The summed E-state index contributed by atoms with van der Waals surface area (Å²) in [6.07, 6.45) is 1.62. The van der Waals surface area contributed by atoms with E-state index in [1.807, 2.05) is 30.3 Å². The lowest BCUT2D eigenvalue weighted by Crippen LogP contribution is -2.49. The van der Waals surface area contributed by atoms with Crippen molar-refractivity contribution in [2.75, 3.05) is 32.7 Å². The molecule has 0 unspecified atom stereocenters. The Bertz CT molecular complexity index is 1730. The van der Waals surface area contributed by atoms with E-state index in [9.17, 15) is 14.7 Å². The van der Waals surface area contributed by atoms with Crippen LogP contribution in [-0.2, 0) is 38.8 Å². The van der Waals surface area contributed by atoms with Crippen molar-refractivity contribution in [2.24, 2.45) is 0 Å². The number of rotatable bonds is 15. The summed E-state index contributed by atoms with van der Waals surface area (Å²) in [5.74, 6) is -0.521. The minimum Gasteiger partial charge on any atom is -0.392 e. The van der Waals surface area contributed by atoms with E-state index in [1.54, 1.807) is 5.48 Å². The minimum atomic E-state index is -0.550. The molecule has 6 rings (SSSR count). The van der Waals surface area contributed by atoms with Gasteiger partial charge in [-0.2, -0.15) is 0 Å². The normalized spacial score (nSPS) is 19.6. The summed E-state index contributed by atoms with van der Waals surface area (Å²) >= 11 is 0. The number of aliphatic hydroxyl groups excluding tert-OH is 1. The second kappa shape index (κ2) is 18.9. The number of nitrogens with one attached hydrogen (secondary N) is 2. The molecule has 2 fully saturated rings. The van der Waals surface area contributed by atoms with Crippen LogP contribution in [0.4, 0.5) is 0 Å². The Hall–Kier alpha value is -4.42. The average Bonchev–Trinajstić information content (AvgIpc) is 3.20. The molecule has 2 heterocycles. The lowest BCUT2D eigenvalue weighted by molar-refractivity contribution is -0.253. The second-order valence-electron chi connectivity index (χ2n) is 13.8. The number of benzene rings is 4. The summed E-state index contributed by atoms with van der Waals surface area (Å²) in [6, 6.07) is 35.1. The molecule has 0 aromatic heterocycles. The van der Waals surface area contributed by atoms with Crippen LogP contribution in [0.25, 0.3) is 11.1 Å². The third-order valence-corrected chi connectivity index (χ3v) is 9.88. The SMILES string of the molecule is O=C(CCCCC(=O)NCc1cccc(-c2cccc([C@H]3O[C@@H](CN4CCN(Cc5ccccc5)CC4)C[C@@H](c4ccc(CO)cc4)O3)c2)c1)NO. The molecule has 52 heavy (non-hydrogen) atoms. The van der Waals surface area contributed by atoms with Gasteiger partial charge in [-0.3, -0.25) is 24.6 Å². The summed E-state index contributed by atoms with van der Waals surface area (Å²) < 4.78 is 13.4. The largest absolute Gasteiger partial charge is 0.392 e. The van der Waals surface area contributed by atoms with Gasteiger partial charge < -0.3 is 19.9 Å². The zero-order valence-electron chi connectivity index (χ0n) is 29.7. The first kappa shape index (κ1) is 37.3. The summed E-state index contributed by atoms with van der Waals surface area (Å²) in [5, 5.41) is 21.2. The molecular formula is C42H50N4O6. The van der Waals surface area contributed by atoms with Gasteiger partial charge in [0.15, 0.2) is 6.29 Å². The van der Waals surface area contributed by atoms with Crippen molar-refractivity contribution in [3.8, 4) is 11.1 Å². The van der Waals surface area contributed by atoms with Crippen molar-refractivity contribution >= 4 is 11.8 Å². The number of amides is 2. The zero-order valence-corrected chi connectivity index (χ0v) is 29.7. The fourth-order valence-corrected chi connectivity index (χ4v) is 6.93. The van der Waals surface area contributed by atoms with Crippen LogP contribution in [0.5, 0.6) is 0 Å². The Balaban J connectivity index is 1.10. The number of nitrogens with zero attached hydrogens (tertiary/aromatic N) is 2. The van der Waals surface area contributed by atoms with E-state index in [0.29, 0.717) is 25.8 Å². The maximum atomic E-state index is 12.4. The van der Waals surface area contributed by atoms with Crippen LogP contribution >= 0.6 is 0 Å². The fraction of sp³-hybridized carbons (Fsp3) is 0.381. The smallest absolute Gasteiger partial charge is 0.243 e. The third-order valence-electron chi connectivity index (χ3n) is 9.88. The van der Waals surface area contributed by atoms with E-state index < -0.39 is 12.2 Å². The van der Waals surface area contributed by atoms with Gasteiger partial charge in [-0.1, -0.05) is 91.0 Å². The number of hydrogen-bond acceptors (Lipinski definition) is 8. The standard InChI is InChI=1S/C42H50N4O6/c47-30-32-16-18-34(19-17-32)39-26-38(29-46-22-20-45(21-23-46)28-31-8-2-1-3-9-31)51-42(52-39)37-13-7-12-36(25-37)35-11-6-10-33(24-35)27-43-40(48)14-4-5-15-41(49)44-50/h1-3,6-13,16-19,24-25,38-39,42,47,50H,4-5,14-15,20-23,26-30H2,(H,43,48)(H,44,49)/t38-,39+,42+/m1/s1. The summed E-state index contributed by atoms with van der Waals surface area (Å²) in [4.78, 5) is 28.6. The molecule has 0 saturated carbocycles. The monoisotopic (exact) mass is 706 g/mol. The highest BCUT2D eigenvalue weighted by atomic mass is 16.7. The van der Waals surface area contributed by atoms with Gasteiger partial charge in [0.05, 0.1) is 18.8 Å². The molecule has 3 atom stereocenters. The van der Waals surface area contributed by atoms with Gasteiger partial charge >= 0.3 is 0 Å². The van der Waals surface area contributed by atoms with Crippen LogP contribution in [0.2, 0.25) is 0 Å². The molecule has 0 spiro atoms. The number of carbonyl (C=O) groups excluding carboxylic acids is 2. The van der Waals surface area contributed by atoms with E-state index in [1.165, 1.54) is 5.56 Å². The van der Waals surface area contributed by atoms with Crippen molar-refractivity contribution in [2.45, 2.75) is 70.3 Å². The van der Waals surface area contributed by atoms with E-state index in [2.05, 4.69) is 87.9 Å². The average molecular weight is 707 g/mol. The molecule has 0 aliphatic carbocycles. The maximum Gasteiger partial charge on any atom is 0.243 e. The van der Waals surface area contributed by atoms with E-state index in [0.717, 1.165) is 79.1 Å². The third kappa shape index (κ3) is 10.8. The van der Waals surface area contributed by atoms with Crippen molar-refractivity contribution in [3.05, 3.63) is 131 Å². The molecule has 2 aliphatic heterocycles. The molecule has 0 radical (unpaired) electrons. The molecule has 2 aliphatic rings. The maximum absolute atomic E-state index is 12.4. The quantitative estimate of drug-likeness (QED) is 0.0686. The highest BCUT2D eigenvalue weighted by Gasteiger charge is 2.34. The number of hydrogen-bond donors (Lipinski definition) is 4. The molecule has 0 bridgehead atoms. The Morgan fingerprint density at radius 2 is 1.37 bits per heavy atom. The van der Waals surface area contributed by atoms with Crippen LogP contribution in [0.15, 0.2) is 103 Å². The van der Waals surface area contributed by atoms with E-state index >= 15 is 0 Å². The van der Waals surface area contributed by atoms with Crippen molar-refractivity contribution in [1.82, 2.24) is 20.6 Å². The number of piperazine rings is 1. The van der Waals surface area contributed by atoms with Gasteiger partial charge in [-0.05, 0) is 58.4 Å². The molecular weight excluding hydrogens is 656 g/mol. The highest BCUT2D eigenvalue weighted by molar-refractivity contribution is 5.76. The second-order valence-corrected chi connectivity index (χ2v) is 13.8. The van der Waals surface area contributed by atoms with Gasteiger partial charge in [0.25, 0.3) is 0 Å². The predicted molar refractivity (Wildman–Crippen MR) is 199 cm³/mol. The Labute approximate surface area is 306 Å². The Morgan fingerprint density at radius 1 is 0.692 bits per heavy atom. The molecule has 4 N–H and O–H groups in total. The van der Waals surface area contributed by atoms with Crippen molar-refractivity contribution in [3.63, 3.8) is 0 Å². The van der Waals surface area contributed by atoms with Crippen LogP contribution in [0, 0.1) is 0 Å². The Morgan fingerprint density at radius 3 is 2.10 bits per heavy atom. The van der Waals surface area contributed by atoms with Crippen LogP contribution < -0.4 is 10.8 Å². The molecule has 4 aromatic carbocycles. The first-order valence-corrected chi connectivity index (χ1v) is 18.3. The first-order chi connectivity index (χ1) is 25.4.